The van der Waals surface area contributed by atoms with E-state index in [2.05, 4.69) is 36.1 Å². The Morgan fingerprint density at radius 1 is 0.941 bits per heavy atom. The molecule has 0 atom stereocenters. The Labute approximate surface area is 202 Å². The molecule has 34 heavy (non-hydrogen) atoms. The Balaban J connectivity index is 1.34. The predicted octanol–water partition coefficient (Wildman–Crippen LogP) is 5.70. The van der Waals surface area contributed by atoms with Gasteiger partial charge in [-0.05, 0) is 54.6 Å². The Hall–Kier alpha value is -4.08. The Bertz CT molecular complexity index is 1570. The van der Waals surface area contributed by atoms with Crippen molar-refractivity contribution in [1.82, 2.24) is 20.2 Å². The van der Waals surface area contributed by atoms with Crippen LogP contribution in [-0.4, -0.2) is 32.0 Å². The summed E-state index contributed by atoms with van der Waals surface area (Å²) in [5.41, 5.74) is 3.75. The molecule has 11 heteroatoms. The number of fused-ring (bicyclic) bond motifs is 2. The molecule has 2 amide bonds. The van der Waals surface area contributed by atoms with Gasteiger partial charge >= 0.3 is 0 Å². The zero-order chi connectivity index (χ0) is 23.8. The van der Waals surface area contributed by atoms with E-state index in [4.69, 9.17) is 23.2 Å². The predicted molar refractivity (Wildman–Crippen MR) is 134 cm³/mol. The molecule has 0 saturated heterocycles. The van der Waals surface area contributed by atoms with Crippen LogP contribution in [0.5, 0.6) is 0 Å². The van der Waals surface area contributed by atoms with Crippen LogP contribution in [0, 0.1) is 0 Å². The second kappa shape index (κ2) is 8.69. The van der Waals surface area contributed by atoms with E-state index < -0.39 is 0 Å². The lowest BCUT2D eigenvalue weighted by Gasteiger charge is -2.06. The number of halogens is 2. The number of amides is 2. The van der Waals surface area contributed by atoms with Crippen LogP contribution in [0.3, 0.4) is 0 Å². The van der Waals surface area contributed by atoms with Crippen LogP contribution in [0.25, 0.3) is 21.9 Å². The fraction of sp³-hybridized carbons (Fsp3) is 0.0435. The number of nitrogens with zero attached hydrogens (tertiary/aromatic N) is 2. The first-order valence-electron chi connectivity index (χ1n) is 10.1. The minimum absolute atomic E-state index is 0.213. The second-order valence-corrected chi connectivity index (χ2v) is 8.38. The van der Waals surface area contributed by atoms with Crippen molar-refractivity contribution in [2.75, 3.05) is 16.0 Å². The fourth-order valence-electron chi connectivity index (χ4n) is 3.49. The summed E-state index contributed by atoms with van der Waals surface area (Å²) in [7, 11) is 0. The first kappa shape index (κ1) is 21.7. The summed E-state index contributed by atoms with van der Waals surface area (Å²) < 4.78 is 0. The molecule has 3 aromatic carbocycles. The van der Waals surface area contributed by atoms with Gasteiger partial charge in [0.2, 0.25) is 11.9 Å². The van der Waals surface area contributed by atoms with Gasteiger partial charge in [-0.2, -0.15) is 5.10 Å². The van der Waals surface area contributed by atoms with Gasteiger partial charge < -0.3 is 20.9 Å². The normalized spacial score (nSPS) is 11.0. The van der Waals surface area contributed by atoms with Crippen molar-refractivity contribution in [2.24, 2.45) is 0 Å². The second-order valence-electron chi connectivity index (χ2n) is 7.53. The van der Waals surface area contributed by atoms with E-state index in [-0.39, 0.29) is 11.8 Å². The summed E-state index contributed by atoms with van der Waals surface area (Å²) in [5.74, 6) is 0.424. The zero-order valence-electron chi connectivity index (χ0n) is 17.7. The third kappa shape index (κ3) is 4.39. The molecule has 0 unspecified atom stereocenters. The third-order valence-electron chi connectivity index (χ3n) is 5.04. The van der Waals surface area contributed by atoms with Gasteiger partial charge in [-0.3, -0.25) is 14.7 Å². The molecule has 9 nitrogen and oxygen atoms in total. The van der Waals surface area contributed by atoms with E-state index in [9.17, 15) is 9.59 Å². The molecule has 0 bridgehead atoms. The third-order valence-corrected chi connectivity index (χ3v) is 5.59. The van der Waals surface area contributed by atoms with E-state index in [1.807, 2.05) is 0 Å². The molecule has 0 aliphatic heterocycles. The summed E-state index contributed by atoms with van der Waals surface area (Å²) in [5, 5.41) is 17.3. The Morgan fingerprint density at radius 2 is 1.79 bits per heavy atom. The van der Waals surface area contributed by atoms with Gasteiger partial charge in [0.15, 0.2) is 5.82 Å². The van der Waals surface area contributed by atoms with E-state index in [0.717, 1.165) is 5.39 Å². The summed E-state index contributed by atoms with van der Waals surface area (Å²) in [6.07, 6.45) is 0. The molecule has 5 N–H and O–H groups in total. The number of nitrogens with one attached hydrogen (secondary N) is 5. The van der Waals surface area contributed by atoms with E-state index in [0.29, 0.717) is 55.3 Å². The molecule has 0 aliphatic rings. The van der Waals surface area contributed by atoms with Crippen molar-refractivity contribution in [1.29, 1.82) is 0 Å². The van der Waals surface area contributed by atoms with Gasteiger partial charge in [0.25, 0.3) is 5.91 Å². The first-order chi connectivity index (χ1) is 16.4. The number of carbonyl (C=O) groups is 2. The number of rotatable bonds is 5. The molecule has 5 rings (SSSR count). The minimum atomic E-state index is -0.285. The maximum Gasteiger partial charge on any atom is 0.255 e. The van der Waals surface area contributed by atoms with Crippen LogP contribution >= 0.6 is 23.2 Å². The number of aromatic amines is 2. The highest BCUT2D eigenvalue weighted by Gasteiger charge is 2.12. The molecule has 5 aromatic rings. The van der Waals surface area contributed by atoms with E-state index in [1.165, 1.54) is 6.92 Å². The zero-order valence-corrected chi connectivity index (χ0v) is 19.2. The van der Waals surface area contributed by atoms with Gasteiger partial charge in [0.05, 0.1) is 27.3 Å². The molecular formula is C23H17Cl2N7O2. The molecule has 2 aromatic heterocycles. The lowest BCUT2D eigenvalue weighted by molar-refractivity contribution is -0.114. The molecule has 0 radical (unpaired) electrons. The molecule has 0 fully saturated rings. The minimum Gasteiger partial charge on any atom is -0.324 e. The molecule has 170 valence electrons. The SMILES string of the molecule is CC(=O)Nc1n[nH]c2cc(NC(=O)c3ccc4nc(Nc5ccc(Cl)cc5Cl)[nH]c4c3)ccc12. The van der Waals surface area contributed by atoms with Crippen molar-refractivity contribution in [3.8, 4) is 0 Å². The van der Waals surface area contributed by atoms with Crippen LogP contribution in [0.4, 0.5) is 23.1 Å². The van der Waals surface area contributed by atoms with Crippen LogP contribution in [0.2, 0.25) is 10.0 Å². The van der Waals surface area contributed by atoms with Gasteiger partial charge in [-0.15, -0.1) is 0 Å². The lowest BCUT2D eigenvalue weighted by Crippen LogP contribution is -2.11. The summed E-state index contributed by atoms with van der Waals surface area (Å²) >= 11 is 12.2. The fourth-order valence-corrected chi connectivity index (χ4v) is 3.95. The number of hydrogen-bond donors (Lipinski definition) is 5. The van der Waals surface area contributed by atoms with Gasteiger partial charge in [-0.1, -0.05) is 23.2 Å². The molecule has 2 heterocycles. The number of hydrogen-bond acceptors (Lipinski definition) is 5. The largest absolute Gasteiger partial charge is 0.324 e. The standard InChI is InChI=1S/C23H17Cl2N7O2/c1-11(33)26-21-15-5-4-14(10-19(15)31-32-21)27-22(34)12-2-6-18-20(8-12)30-23(29-18)28-17-7-3-13(24)9-16(17)25/h2-10H,1H3,(H,27,34)(H2,28,29,30)(H2,26,31,32,33). The highest BCUT2D eigenvalue weighted by molar-refractivity contribution is 6.36. The Kier molecular flexibility index (Phi) is 5.56. The van der Waals surface area contributed by atoms with Gasteiger partial charge in [0.1, 0.15) is 0 Å². The number of H-pyrrole nitrogens is 2. The highest BCUT2D eigenvalue weighted by Crippen LogP contribution is 2.28. The number of aromatic nitrogens is 4. The summed E-state index contributed by atoms with van der Waals surface area (Å²) in [6, 6.07) is 15.6. The topological polar surface area (TPSA) is 128 Å². The molecule has 0 aliphatic carbocycles. The Morgan fingerprint density at radius 3 is 2.59 bits per heavy atom. The average molecular weight is 494 g/mol. The molecule has 0 spiro atoms. The smallest absolute Gasteiger partial charge is 0.255 e. The highest BCUT2D eigenvalue weighted by atomic mass is 35.5. The van der Waals surface area contributed by atoms with Gasteiger partial charge in [-0.25, -0.2) is 4.98 Å². The first-order valence-corrected chi connectivity index (χ1v) is 10.9. The van der Waals surface area contributed by atoms with Crippen LogP contribution in [0.15, 0.2) is 54.6 Å². The quantitative estimate of drug-likeness (QED) is 0.214. The number of imidazole rings is 1. The summed E-state index contributed by atoms with van der Waals surface area (Å²) in [4.78, 5) is 31.8. The van der Waals surface area contributed by atoms with Crippen molar-refractivity contribution in [2.45, 2.75) is 6.92 Å². The van der Waals surface area contributed by atoms with E-state index in [1.54, 1.807) is 54.6 Å². The average Bonchev–Trinajstić information content (AvgIpc) is 3.38. The van der Waals surface area contributed by atoms with Crippen LogP contribution in [0.1, 0.15) is 17.3 Å². The van der Waals surface area contributed by atoms with Gasteiger partial charge in [0, 0.05) is 28.6 Å². The number of anilines is 4. The number of carbonyl (C=O) groups excluding carboxylic acids is 2. The van der Waals surface area contributed by atoms with Crippen molar-refractivity contribution in [3.05, 3.63) is 70.2 Å². The number of benzene rings is 3. The molecular weight excluding hydrogens is 477 g/mol. The lowest BCUT2D eigenvalue weighted by atomic mass is 10.1. The van der Waals surface area contributed by atoms with Crippen molar-refractivity contribution in [3.63, 3.8) is 0 Å². The molecule has 0 saturated carbocycles. The van der Waals surface area contributed by atoms with Crippen molar-refractivity contribution < 1.29 is 9.59 Å². The van der Waals surface area contributed by atoms with Crippen LogP contribution < -0.4 is 16.0 Å². The van der Waals surface area contributed by atoms with Crippen molar-refractivity contribution >= 4 is 80.1 Å². The van der Waals surface area contributed by atoms with E-state index >= 15 is 0 Å². The monoisotopic (exact) mass is 493 g/mol. The maximum absolute atomic E-state index is 12.8. The summed E-state index contributed by atoms with van der Waals surface area (Å²) in [6.45, 7) is 1.41. The van der Waals surface area contributed by atoms with Crippen LogP contribution in [-0.2, 0) is 4.79 Å². The maximum atomic E-state index is 12.8.